The van der Waals surface area contributed by atoms with Crippen LogP contribution in [0.3, 0.4) is 0 Å². The summed E-state index contributed by atoms with van der Waals surface area (Å²) in [6.45, 7) is 13.2. The minimum Gasteiger partial charge on any atom is -0.444 e. The van der Waals surface area contributed by atoms with Crippen LogP contribution < -0.4 is 5.32 Å². The van der Waals surface area contributed by atoms with Crippen LogP contribution in [0, 0.1) is 5.92 Å². The van der Waals surface area contributed by atoms with Gasteiger partial charge in [0.05, 0.1) is 0 Å². The molecule has 2 saturated heterocycles. The number of likely N-dealkylation sites (tertiary alicyclic amines) is 1. The molecule has 0 aromatic heterocycles. The Bertz CT molecular complexity index is 314. The second kappa shape index (κ2) is 6.76. The lowest BCUT2D eigenvalue weighted by atomic mass is 9.96. The molecule has 2 rings (SSSR count). The van der Waals surface area contributed by atoms with Gasteiger partial charge < -0.3 is 19.9 Å². The molecule has 0 aromatic carbocycles. The molecular weight excluding hydrogens is 254 g/mol. The standard InChI is InChI=1S/C15H29N3O2/c1-15(2,3)20-14(19)18-8-4-13(5-9-18)12-17-10-6-16-7-11-17/h13,16H,4-12H2,1-3H3. The highest BCUT2D eigenvalue weighted by molar-refractivity contribution is 5.68. The fraction of sp³-hybridized carbons (Fsp3) is 0.933. The first kappa shape index (κ1) is 15.6. The third kappa shape index (κ3) is 4.94. The van der Waals surface area contributed by atoms with Gasteiger partial charge in [0.25, 0.3) is 0 Å². The van der Waals surface area contributed by atoms with Crippen molar-refractivity contribution in [2.75, 3.05) is 45.8 Å². The Balaban J connectivity index is 1.70. The molecule has 0 atom stereocenters. The highest BCUT2D eigenvalue weighted by atomic mass is 16.6. The van der Waals surface area contributed by atoms with E-state index in [0.29, 0.717) is 0 Å². The van der Waals surface area contributed by atoms with Gasteiger partial charge in [-0.15, -0.1) is 0 Å². The molecule has 0 aliphatic carbocycles. The molecule has 0 unspecified atom stereocenters. The van der Waals surface area contributed by atoms with Crippen LogP contribution in [-0.4, -0.2) is 67.3 Å². The van der Waals surface area contributed by atoms with Crippen LogP contribution >= 0.6 is 0 Å². The second-order valence-electron chi connectivity index (χ2n) is 6.96. The van der Waals surface area contributed by atoms with Crippen LogP contribution in [0.2, 0.25) is 0 Å². The molecule has 2 aliphatic rings. The predicted molar refractivity (Wildman–Crippen MR) is 79.8 cm³/mol. The molecule has 0 saturated carbocycles. The molecule has 0 radical (unpaired) electrons. The van der Waals surface area contributed by atoms with Gasteiger partial charge in [-0.1, -0.05) is 0 Å². The first-order valence-electron chi connectivity index (χ1n) is 7.85. The lowest BCUT2D eigenvalue weighted by Crippen LogP contribution is -2.47. The lowest BCUT2D eigenvalue weighted by Gasteiger charge is -2.36. The molecule has 1 N–H and O–H groups in total. The molecule has 0 spiro atoms. The van der Waals surface area contributed by atoms with E-state index in [-0.39, 0.29) is 6.09 Å². The summed E-state index contributed by atoms with van der Waals surface area (Å²) < 4.78 is 5.43. The van der Waals surface area contributed by atoms with Crippen LogP contribution in [0.1, 0.15) is 33.6 Å². The van der Waals surface area contributed by atoms with Crippen molar-refractivity contribution in [3.63, 3.8) is 0 Å². The average Bonchev–Trinajstić information content (AvgIpc) is 2.39. The van der Waals surface area contributed by atoms with Crippen LogP contribution in [0.25, 0.3) is 0 Å². The smallest absolute Gasteiger partial charge is 0.410 e. The summed E-state index contributed by atoms with van der Waals surface area (Å²) in [5.74, 6) is 0.729. The van der Waals surface area contributed by atoms with E-state index in [2.05, 4.69) is 10.2 Å². The molecular formula is C15H29N3O2. The Kier molecular flexibility index (Phi) is 5.27. The molecule has 0 bridgehead atoms. The highest BCUT2D eigenvalue weighted by Gasteiger charge is 2.27. The molecule has 116 valence electrons. The van der Waals surface area contributed by atoms with E-state index < -0.39 is 5.60 Å². The summed E-state index contributed by atoms with van der Waals surface area (Å²) in [5, 5.41) is 3.38. The minimum absolute atomic E-state index is 0.155. The Hall–Kier alpha value is -0.810. The monoisotopic (exact) mass is 283 g/mol. The third-order valence-corrected chi connectivity index (χ3v) is 3.99. The summed E-state index contributed by atoms with van der Waals surface area (Å²) in [7, 11) is 0. The number of nitrogens with zero attached hydrogens (tertiary/aromatic N) is 2. The minimum atomic E-state index is -0.394. The Morgan fingerprint density at radius 3 is 2.30 bits per heavy atom. The first-order chi connectivity index (χ1) is 9.44. The van der Waals surface area contributed by atoms with Crippen molar-refractivity contribution in [2.45, 2.75) is 39.2 Å². The number of carbonyl (C=O) groups excluding carboxylic acids is 1. The van der Waals surface area contributed by atoms with Gasteiger partial charge in [-0.25, -0.2) is 4.79 Å². The molecule has 20 heavy (non-hydrogen) atoms. The average molecular weight is 283 g/mol. The summed E-state index contributed by atoms with van der Waals surface area (Å²) in [6, 6.07) is 0. The molecule has 5 heteroatoms. The number of nitrogens with one attached hydrogen (secondary N) is 1. The number of piperidine rings is 1. The zero-order chi connectivity index (χ0) is 14.6. The maximum Gasteiger partial charge on any atom is 0.410 e. The van der Waals surface area contributed by atoms with Crippen LogP contribution in [0.4, 0.5) is 4.79 Å². The van der Waals surface area contributed by atoms with Crippen molar-refractivity contribution in [2.24, 2.45) is 5.92 Å². The van der Waals surface area contributed by atoms with Crippen molar-refractivity contribution in [1.82, 2.24) is 15.1 Å². The number of carbonyl (C=O) groups is 1. The number of piperazine rings is 1. The summed E-state index contributed by atoms with van der Waals surface area (Å²) in [4.78, 5) is 16.4. The van der Waals surface area contributed by atoms with Crippen molar-refractivity contribution in [3.05, 3.63) is 0 Å². The van der Waals surface area contributed by atoms with E-state index in [1.54, 1.807) is 0 Å². The fourth-order valence-corrected chi connectivity index (χ4v) is 2.88. The summed E-state index contributed by atoms with van der Waals surface area (Å²) in [5.41, 5.74) is -0.394. The Morgan fingerprint density at radius 2 is 1.75 bits per heavy atom. The van der Waals surface area contributed by atoms with Crippen LogP contribution in [-0.2, 0) is 4.74 Å². The van der Waals surface area contributed by atoms with Gasteiger partial charge in [-0.05, 0) is 39.5 Å². The van der Waals surface area contributed by atoms with E-state index >= 15 is 0 Å². The largest absolute Gasteiger partial charge is 0.444 e. The van der Waals surface area contributed by atoms with Gasteiger partial charge in [0.1, 0.15) is 5.60 Å². The predicted octanol–water partition coefficient (Wildman–Crippen LogP) is 1.54. The van der Waals surface area contributed by atoms with E-state index in [1.165, 1.54) is 6.54 Å². The zero-order valence-corrected chi connectivity index (χ0v) is 13.2. The molecule has 1 amide bonds. The van der Waals surface area contributed by atoms with Crippen LogP contribution in [0.15, 0.2) is 0 Å². The van der Waals surface area contributed by atoms with Crippen molar-refractivity contribution in [3.8, 4) is 0 Å². The van der Waals surface area contributed by atoms with Gasteiger partial charge in [0, 0.05) is 45.8 Å². The summed E-state index contributed by atoms with van der Waals surface area (Å²) >= 11 is 0. The number of rotatable bonds is 2. The van der Waals surface area contributed by atoms with E-state index in [4.69, 9.17) is 4.74 Å². The Labute approximate surface area is 122 Å². The lowest BCUT2D eigenvalue weighted by molar-refractivity contribution is 0.0168. The van der Waals surface area contributed by atoms with E-state index in [1.807, 2.05) is 25.7 Å². The molecule has 2 heterocycles. The van der Waals surface area contributed by atoms with Gasteiger partial charge in [-0.3, -0.25) is 0 Å². The number of ether oxygens (including phenoxy) is 1. The molecule has 5 nitrogen and oxygen atoms in total. The van der Waals surface area contributed by atoms with Crippen molar-refractivity contribution >= 4 is 6.09 Å². The van der Waals surface area contributed by atoms with Gasteiger partial charge >= 0.3 is 6.09 Å². The fourth-order valence-electron chi connectivity index (χ4n) is 2.88. The quantitative estimate of drug-likeness (QED) is 0.835. The van der Waals surface area contributed by atoms with Crippen molar-refractivity contribution in [1.29, 1.82) is 0 Å². The molecule has 2 fully saturated rings. The SMILES string of the molecule is CC(C)(C)OC(=O)N1CCC(CN2CCNCC2)CC1. The van der Waals surface area contributed by atoms with Crippen LogP contribution in [0.5, 0.6) is 0 Å². The third-order valence-electron chi connectivity index (χ3n) is 3.99. The normalized spacial score (nSPS) is 22.9. The van der Waals surface area contributed by atoms with Gasteiger partial charge in [0.2, 0.25) is 0 Å². The van der Waals surface area contributed by atoms with Crippen molar-refractivity contribution < 1.29 is 9.53 Å². The van der Waals surface area contributed by atoms with Gasteiger partial charge in [0.15, 0.2) is 0 Å². The van der Waals surface area contributed by atoms with Gasteiger partial charge in [-0.2, -0.15) is 0 Å². The number of hydrogen-bond acceptors (Lipinski definition) is 4. The maximum atomic E-state index is 12.0. The van der Waals surface area contributed by atoms with E-state index in [0.717, 1.165) is 58.0 Å². The maximum absolute atomic E-state index is 12.0. The first-order valence-corrected chi connectivity index (χ1v) is 7.85. The molecule has 0 aromatic rings. The Morgan fingerprint density at radius 1 is 1.15 bits per heavy atom. The second-order valence-corrected chi connectivity index (χ2v) is 6.96. The highest BCUT2D eigenvalue weighted by Crippen LogP contribution is 2.20. The topological polar surface area (TPSA) is 44.8 Å². The number of amides is 1. The zero-order valence-electron chi connectivity index (χ0n) is 13.2. The number of hydrogen-bond donors (Lipinski definition) is 1. The summed E-state index contributed by atoms with van der Waals surface area (Å²) in [6.07, 6.45) is 2.05. The molecule has 2 aliphatic heterocycles. The van der Waals surface area contributed by atoms with E-state index in [9.17, 15) is 4.79 Å².